The van der Waals surface area contributed by atoms with E-state index < -0.39 is 0 Å². The van der Waals surface area contributed by atoms with Gasteiger partial charge in [-0.25, -0.2) is 4.98 Å². The number of hydrogen-bond acceptors (Lipinski definition) is 6. The number of aromatic nitrogens is 1. The minimum absolute atomic E-state index is 0.0400. The Morgan fingerprint density at radius 3 is 2.53 bits per heavy atom. The van der Waals surface area contributed by atoms with E-state index in [-0.39, 0.29) is 11.9 Å². The lowest BCUT2D eigenvalue weighted by Crippen LogP contribution is -2.44. The summed E-state index contributed by atoms with van der Waals surface area (Å²) in [6.45, 7) is 1.56. The minimum Gasteiger partial charge on any atom is -0.337 e. The van der Waals surface area contributed by atoms with E-state index in [2.05, 4.69) is 36.1 Å². The van der Waals surface area contributed by atoms with Gasteiger partial charge in [-0.1, -0.05) is 24.4 Å². The second-order valence-electron chi connectivity index (χ2n) is 11.5. The van der Waals surface area contributed by atoms with Crippen LogP contribution >= 0.6 is 11.6 Å². The van der Waals surface area contributed by atoms with Crippen LogP contribution in [0, 0.1) is 23.2 Å². The third kappa shape index (κ3) is 4.48. The summed E-state index contributed by atoms with van der Waals surface area (Å²) in [7, 11) is 4.22. The number of hydrogen-bond donors (Lipinski definition) is 0. The zero-order valence-corrected chi connectivity index (χ0v) is 23.0. The molecule has 0 N–H and O–H groups in total. The molecule has 2 unspecified atom stereocenters. The van der Waals surface area contributed by atoms with Gasteiger partial charge >= 0.3 is 0 Å². The van der Waals surface area contributed by atoms with Gasteiger partial charge in [0.25, 0.3) is 5.91 Å². The van der Waals surface area contributed by atoms with Crippen LogP contribution in [0.1, 0.15) is 72.3 Å². The molecule has 2 atom stereocenters. The number of likely N-dealkylation sites (tertiary alicyclic amines) is 1. The molecule has 2 aliphatic carbocycles. The van der Waals surface area contributed by atoms with Gasteiger partial charge in [0.05, 0.1) is 33.7 Å². The average molecular weight is 531 g/mol. The van der Waals surface area contributed by atoms with E-state index in [0.717, 1.165) is 61.4 Å². The Balaban J connectivity index is 1.29. The van der Waals surface area contributed by atoms with Crippen molar-refractivity contribution in [2.75, 3.05) is 32.2 Å². The largest absolute Gasteiger partial charge is 0.337 e. The Hall–Kier alpha value is -2.95. The summed E-state index contributed by atoms with van der Waals surface area (Å²) in [5.74, 6) is 0.947. The van der Waals surface area contributed by atoms with E-state index in [1.165, 1.54) is 25.7 Å². The van der Waals surface area contributed by atoms with Crippen molar-refractivity contribution in [1.82, 2.24) is 14.8 Å². The molecular weight excluding hydrogens is 496 g/mol. The molecule has 0 spiro atoms. The molecule has 1 aromatic carbocycles. The van der Waals surface area contributed by atoms with Crippen LogP contribution in [0.25, 0.3) is 0 Å². The summed E-state index contributed by atoms with van der Waals surface area (Å²) in [5, 5.41) is 17.2. The molecule has 8 heteroatoms. The van der Waals surface area contributed by atoms with Crippen molar-refractivity contribution < 1.29 is 4.79 Å². The summed E-state index contributed by atoms with van der Waals surface area (Å²) in [6, 6.07) is 12.6. The second-order valence-corrected chi connectivity index (χ2v) is 11.9. The number of piperidine rings is 1. The number of aryl methyl sites for hydroxylation is 1. The van der Waals surface area contributed by atoms with Crippen molar-refractivity contribution in [2.45, 2.75) is 63.5 Å². The molecule has 38 heavy (non-hydrogen) atoms. The van der Waals surface area contributed by atoms with E-state index in [1.807, 2.05) is 23.1 Å². The number of fused-ring (bicyclic) bond motifs is 3. The van der Waals surface area contributed by atoms with Crippen molar-refractivity contribution in [3.63, 3.8) is 0 Å². The van der Waals surface area contributed by atoms with Gasteiger partial charge in [0.15, 0.2) is 0 Å². The van der Waals surface area contributed by atoms with Crippen LogP contribution in [0.15, 0.2) is 35.4 Å². The fourth-order valence-electron chi connectivity index (χ4n) is 7.03. The highest BCUT2D eigenvalue weighted by Crippen LogP contribution is 2.45. The van der Waals surface area contributed by atoms with Crippen LogP contribution in [-0.2, 0) is 6.42 Å². The molecule has 1 saturated carbocycles. The van der Waals surface area contributed by atoms with Gasteiger partial charge in [0, 0.05) is 30.6 Å². The third-order valence-electron chi connectivity index (χ3n) is 9.13. The molecule has 1 saturated heterocycles. The molecule has 1 aromatic heterocycles. The van der Waals surface area contributed by atoms with Crippen molar-refractivity contribution in [3.05, 3.63) is 57.9 Å². The fourth-order valence-corrected chi connectivity index (χ4v) is 7.25. The van der Waals surface area contributed by atoms with E-state index in [4.69, 9.17) is 21.7 Å². The number of carbonyl (C=O) groups excluding carboxylic acids is 1. The molecule has 0 bridgehead atoms. The first kappa shape index (κ1) is 25.3. The normalized spacial score (nSPS) is 23.8. The fraction of sp³-hybridized carbons (Fsp3) is 0.533. The standard InChI is InChI=1S/C30H35ClN6O/c1-35(2)21-13-15-36(16-14-21)30(38)27-12-9-23-26(33-27)11-10-24-28(23)34-37(29(24)19-5-3-4-6-19)22-8-7-20(18-32)25(31)17-22/h7-9,12,17,19,21,24,29H,3-6,10-11,13-16H2,1-2H3. The second kappa shape index (κ2) is 10.3. The smallest absolute Gasteiger partial charge is 0.272 e. The molecule has 4 aliphatic rings. The monoisotopic (exact) mass is 530 g/mol. The van der Waals surface area contributed by atoms with Crippen LogP contribution < -0.4 is 5.01 Å². The first-order chi connectivity index (χ1) is 18.4. The lowest BCUT2D eigenvalue weighted by Gasteiger charge is -2.35. The number of hydrazone groups is 1. The van der Waals surface area contributed by atoms with Gasteiger partial charge < -0.3 is 9.80 Å². The van der Waals surface area contributed by atoms with Crippen molar-refractivity contribution in [3.8, 4) is 6.07 Å². The van der Waals surface area contributed by atoms with Gasteiger partial charge in [0.1, 0.15) is 11.8 Å². The first-order valence-electron chi connectivity index (χ1n) is 14.0. The predicted octanol–water partition coefficient (Wildman–Crippen LogP) is 5.12. The van der Waals surface area contributed by atoms with Crippen LogP contribution in [0.2, 0.25) is 5.02 Å². The number of halogens is 1. The van der Waals surface area contributed by atoms with Crippen LogP contribution in [0.5, 0.6) is 0 Å². The SMILES string of the molecule is CN(C)C1CCN(C(=O)c2ccc3c(n2)CCC2C3=NN(c3ccc(C#N)c(Cl)c3)C2C2CCCC2)CC1. The molecule has 0 radical (unpaired) electrons. The van der Waals surface area contributed by atoms with Crippen molar-refractivity contribution in [1.29, 1.82) is 5.26 Å². The predicted molar refractivity (Wildman–Crippen MR) is 150 cm³/mol. The Kier molecular flexibility index (Phi) is 6.88. The summed E-state index contributed by atoms with van der Waals surface area (Å²) >= 11 is 6.44. The van der Waals surface area contributed by atoms with Crippen LogP contribution in [0.3, 0.4) is 0 Å². The lowest BCUT2D eigenvalue weighted by atomic mass is 9.76. The van der Waals surface area contributed by atoms with Gasteiger partial charge in [-0.15, -0.1) is 0 Å². The molecule has 3 heterocycles. The zero-order chi connectivity index (χ0) is 26.4. The maximum atomic E-state index is 13.3. The van der Waals surface area contributed by atoms with Gasteiger partial charge in [-0.05, 0) is 88.9 Å². The maximum Gasteiger partial charge on any atom is 0.272 e. The first-order valence-corrected chi connectivity index (χ1v) is 14.4. The highest BCUT2D eigenvalue weighted by atomic mass is 35.5. The number of pyridine rings is 1. The Morgan fingerprint density at radius 1 is 1.08 bits per heavy atom. The van der Waals surface area contributed by atoms with Crippen molar-refractivity contribution in [2.24, 2.45) is 16.9 Å². The highest BCUT2D eigenvalue weighted by molar-refractivity contribution is 6.32. The van der Waals surface area contributed by atoms with E-state index in [1.54, 1.807) is 6.07 Å². The van der Waals surface area contributed by atoms with Crippen molar-refractivity contribution >= 4 is 28.9 Å². The van der Waals surface area contributed by atoms with Gasteiger partial charge in [0.2, 0.25) is 0 Å². The number of anilines is 1. The molecule has 2 aliphatic heterocycles. The van der Waals surface area contributed by atoms with Gasteiger partial charge in [-0.3, -0.25) is 9.80 Å². The summed E-state index contributed by atoms with van der Waals surface area (Å²) in [5.41, 5.74) is 5.12. The molecule has 2 fully saturated rings. The molecule has 7 nitrogen and oxygen atoms in total. The topological polar surface area (TPSA) is 75.8 Å². The molecule has 198 valence electrons. The lowest BCUT2D eigenvalue weighted by molar-refractivity contribution is 0.0657. The number of nitrogens with zero attached hydrogens (tertiary/aromatic N) is 6. The quantitative estimate of drug-likeness (QED) is 0.548. The number of rotatable bonds is 4. The number of amides is 1. The van der Waals surface area contributed by atoms with E-state index in [9.17, 15) is 10.1 Å². The maximum absolute atomic E-state index is 13.3. The molecule has 1 amide bonds. The zero-order valence-electron chi connectivity index (χ0n) is 22.2. The summed E-state index contributed by atoms with van der Waals surface area (Å²) in [4.78, 5) is 22.4. The average Bonchev–Trinajstić information content (AvgIpc) is 3.60. The molecule has 6 rings (SSSR count). The Labute approximate surface area is 230 Å². The third-order valence-corrected chi connectivity index (χ3v) is 9.44. The number of benzene rings is 1. The number of nitriles is 1. The molecule has 2 aromatic rings. The highest BCUT2D eigenvalue weighted by Gasteiger charge is 2.46. The molecular formula is C30H35ClN6O. The Bertz CT molecular complexity index is 1300. The van der Waals surface area contributed by atoms with E-state index >= 15 is 0 Å². The van der Waals surface area contributed by atoms with E-state index in [0.29, 0.717) is 34.2 Å². The summed E-state index contributed by atoms with van der Waals surface area (Å²) in [6.07, 6.45) is 8.79. The van der Waals surface area contributed by atoms with Gasteiger partial charge in [-0.2, -0.15) is 10.4 Å². The van der Waals surface area contributed by atoms with Crippen LogP contribution in [0.4, 0.5) is 5.69 Å². The number of carbonyl (C=O) groups is 1. The Morgan fingerprint density at radius 2 is 1.84 bits per heavy atom. The van der Waals surface area contributed by atoms with Crippen LogP contribution in [-0.4, -0.2) is 65.7 Å². The minimum atomic E-state index is 0.0400. The summed E-state index contributed by atoms with van der Waals surface area (Å²) < 4.78 is 0.